The first-order chi connectivity index (χ1) is 6.24. The zero-order valence-corrected chi connectivity index (χ0v) is 9.03. The molecule has 1 nitrogen and oxygen atoms in total. The van der Waals surface area contributed by atoms with Gasteiger partial charge in [-0.1, -0.05) is 30.5 Å². The zero-order chi connectivity index (χ0) is 9.68. The van der Waals surface area contributed by atoms with E-state index in [1.54, 1.807) is 11.8 Å². The Bertz CT molecular complexity index is 294. The molecular weight excluding hydrogens is 178 g/mol. The lowest BCUT2D eigenvalue weighted by Crippen LogP contribution is -2.77. The van der Waals surface area contributed by atoms with Gasteiger partial charge in [0.2, 0.25) is 0 Å². The molecule has 1 rings (SSSR count). The number of nitrogens with two attached hydrogens (primary N) is 1. The van der Waals surface area contributed by atoms with Crippen LogP contribution in [0.5, 0.6) is 0 Å². The maximum Gasteiger partial charge on any atom is 0.143 e. The van der Waals surface area contributed by atoms with E-state index in [-0.39, 0.29) is 0 Å². The molecule has 0 unspecified atom stereocenters. The fourth-order valence-corrected chi connectivity index (χ4v) is 1.94. The number of allylic oxidation sites excluding steroid dienone is 1. The Labute approximate surface area is 84.2 Å². The van der Waals surface area contributed by atoms with Crippen LogP contribution in [0, 0.1) is 0 Å². The summed E-state index contributed by atoms with van der Waals surface area (Å²) in [5.41, 5.74) is 1.32. The van der Waals surface area contributed by atoms with Gasteiger partial charge in [0.05, 0.1) is 11.4 Å². The highest BCUT2D eigenvalue weighted by Gasteiger charge is 2.04. The van der Waals surface area contributed by atoms with Gasteiger partial charge in [0.1, 0.15) is 5.69 Å². The summed E-state index contributed by atoms with van der Waals surface area (Å²) in [4.78, 5) is 2.44. The van der Waals surface area contributed by atoms with Crippen LogP contribution in [0.1, 0.15) is 13.8 Å². The third kappa shape index (κ3) is 3.25. The van der Waals surface area contributed by atoms with Gasteiger partial charge < -0.3 is 5.32 Å². The summed E-state index contributed by atoms with van der Waals surface area (Å²) in [6.45, 7) is 9.17. The maximum absolute atomic E-state index is 3.90. The van der Waals surface area contributed by atoms with E-state index < -0.39 is 0 Å². The molecule has 0 aliphatic heterocycles. The minimum absolute atomic E-state index is 1.08. The lowest BCUT2D eigenvalue weighted by Gasteiger charge is -2.04. The number of quaternary nitrogens is 1. The van der Waals surface area contributed by atoms with Gasteiger partial charge >= 0.3 is 0 Å². The number of benzene rings is 1. The summed E-state index contributed by atoms with van der Waals surface area (Å²) in [6, 6.07) is 8.43. The van der Waals surface area contributed by atoms with Crippen molar-refractivity contribution in [2.45, 2.75) is 18.7 Å². The molecule has 0 aliphatic rings. The van der Waals surface area contributed by atoms with Gasteiger partial charge in [-0.3, -0.25) is 0 Å². The summed E-state index contributed by atoms with van der Waals surface area (Å²) in [5, 5.41) is 2.24. The Morgan fingerprint density at radius 3 is 2.77 bits per heavy atom. The SMILES string of the molecule is C=C(C)Sc1ccccc1[NH2+]CC. The van der Waals surface area contributed by atoms with Crippen molar-refractivity contribution in [3.8, 4) is 0 Å². The normalized spacial score (nSPS) is 10.0. The van der Waals surface area contributed by atoms with Crippen LogP contribution in [0.4, 0.5) is 5.69 Å². The van der Waals surface area contributed by atoms with Gasteiger partial charge in [0.25, 0.3) is 0 Å². The van der Waals surface area contributed by atoms with E-state index >= 15 is 0 Å². The molecular formula is C11H16NS+. The number of hydrogen-bond acceptors (Lipinski definition) is 1. The van der Waals surface area contributed by atoms with Crippen molar-refractivity contribution in [2.24, 2.45) is 0 Å². The van der Waals surface area contributed by atoms with Crippen LogP contribution in [0.15, 0.2) is 40.6 Å². The minimum Gasteiger partial charge on any atom is -0.313 e. The Morgan fingerprint density at radius 1 is 1.46 bits per heavy atom. The molecule has 1 aromatic rings. The zero-order valence-electron chi connectivity index (χ0n) is 8.21. The smallest absolute Gasteiger partial charge is 0.143 e. The van der Waals surface area contributed by atoms with Crippen LogP contribution < -0.4 is 5.32 Å². The van der Waals surface area contributed by atoms with Crippen molar-refractivity contribution < 1.29 is 5.32 Å². The molecule has 2 N–H and O–H groups in total. The molecule has 0 saturated heterocycles. The van der Waals surface area contributed by atoms with Crippen LogP contribution in [-0.2, 0) is 0 Å². The fourth-order valence-electron chi connectivity index (χ4n) is 1.15. The van der Waals surface area contributed by atoms with E-state index in [0.29, 0.717) is 0 Å². The third-order valence-corrected chi connectivity index (χ3v) is 2.57. The first-order valence-corrected chi connectivity index (χ1v) is 5.31. The molecule has 0 aliphatic carbocycles. The minimum atomic E-state index is 1.08. The maximum atomic E-state index is 3.90. The predicted molar refractivity (Wildman–Crippen MR) is 59.2 cm³/mol. The van der Waals surface area contributed by atoms with E-state index in [9.17, 15) is 0 Å². The lowest BCUT2D eigenvalue weighted by molar-refractivity contribution is -0.570. The highest BCUT2D eigenvalue weighted by atomic mass is 32.2. The first-order valence-electron chi connectivity index (χ1n) is 4.49. The van der Waals surface area contributed by atoms with Gasteiger partial charge in [-0.15, -0.1) is 0 Å². The van der Waals surface area contributed by atoms with E-state index in [2.05, 4.69) is 43.1 Å². The lowest BCUT2D eigenvalue weighted by atomic mass is 10.3. The van der Waals surface area contributed by atoms with Crippen molar-refractivity contribution in [1.82, 2.24) is 0 Å². The first kappa shape index (κ1) is 10.4. The van der Waals surface area contributed by atoms with Crippen molar-refractivity contribution >= 4 is 17.4 Å². The predicted octanol–water partition coefficient (Wildman–Crippen LogP) is 2.53. The Morgan fingerprint density at radius 2 is 2.15 bits per heavy atom. The van der Waals surface area contributed by atoms with Gasteiger partial charge in [-0.2, -0.15) is 0 Å². The van der Waals surface area contributed by atoms with Gasteiger partial charge in [-0.25, -0.2) is 0 Å². The summed E-state index contributed by atoms with van der Waals surface area (Å²) < 4.78 is 0. The van der Waals surface area contributed by atoms with Crippen molar-refractivity contribution in [1.29, 1.82) is 0 Å². The number of para-hydroxylation sites is 1. The standard InChI is InChI=1S/C11H15NS/c1-4-12-10-7-5-6-8-11(10)13-9(2)3/h5-8,12H,2,4H2,1,3H3/p+1. The molecule has 1 aromatic carbocycles. The number of thioether (sulfide) groups is 1. The van der Waals surface area contributed by atoms with Crippen molar-refractivity contribution in [2.75, 3.05) is 6.54 Å². The fraction of sp³-hybridized carbons (Fsp3) is 0.273. The molecule has 70 valence electrons. The van der Waals surface area contributed by atoms with Gasteiger partial charge in [0, 0.05) is 6.07 Å². The van der Waals surface area contributed by atoms with E-state index in [1.807, 2.05) is 6.92 Å². The Hall–Kier alpha value is -0.730. The molecule has 0 amide bonds. The van der Waals surface area contributed by atoms with E-state index in [0.717, 1.165) is 11.4 Å². The van der Waals surface area contributed by atoms with E-state index in [4.69, 9.17) is 0 Å². The van der Waals surface area contributed by atoms with Crippen LogP contribution in [0.2, 0.25) is 0 Å². The third-order valence-electron chi connectivity index (χ3n) is 1.63. The molecule has 0 bridgehead atoms. The van der Waals surface area contributed by atoms with Gasteiger partial charge in [0.15, 0.2) is 0 Å². The molecule has 0 fully saturated rings. The van der Waals surface area contributed by atoms with Gasteiger partial charge in [-0.05, 0) is 24.8 Å². The second-order valence-corrected chi connectivity index (χ2v) is 4.30. The molecule has 0 atom stereocenters. The van der Waals surface area contributed by atoms with Crippen molar-refractivity contribution in [3.63, 3.8) is 0 Å². The second-order valence-electron chi connectivity index (χ2n) is 2.95. The number of hydrogen-bond donors (Lipinski definition) is 1. The highest BCUT2D eigenvalue weighted by molar-refractivity contribution is 8.03. The van der Waals surface area contributed by atoms with Crippen LogP contribution in [0.3, 0.4) is 0 Å². The molecule has 0 radical (unpaired) electrons. The summed E-state index contributed by atoms with van der Waals surface area (Å²) >= 11 is 1.74. The molecule has 0 heterocycles. The number of rotatable bonds is 4. The summed E-state index contributed by atoms with van der Waals surface area (Å²) in [5.74, 6) is 0. The highest BCUT2D eigenvalue weighted by Crippen LogP contribution is 2.28. The van der Waals surface area contributed by atoms with Crippen molar-refractivity contribution in [3.05, 3.63) is 35.7 Å². The molecule has 0 saturated carbocycles. The quantitative estimate of drug-likeness (QED) is 0.575. The molecule has 2 heteroatoms. The average molecular weight is 194 g/mol. The molecule has 0 spiro atoms. The molecule has 0 aromatic heterocycles. The van der Waals surface area contributed by atoms with Crippen LogP contribution in [-0.4, -0.2) is 6.54 Å². The monoisotopic (exact) mass is 194 g/mol. The topological polar surface area (TPSA) is 16.6 Å². The summed E-state index contributed by atoms with van der Waals surface area (Å²) in [6.07, 6.45) is 0. The van der Waals surface area contributed by atoms with Crippen LogP contribution in [0.25, 0.3) is 0 Å². The van der Waals surface area contributed by atoms with E-state index in [1.165, 1.54) is 10.6 Å². The largest absolute Gasteiger partial charge is 0.313 e. The second kappa shape index (κ2) is 5.10. The Balaban J connectivity index is 2.84. The average Bonchev–Trinajstić information content (AvgIpc) is 2.08. The Kier molecular flexibility index (Phi) is 4.06. The van der Waals surface area contributed by atoms with Crippen LogP contribution >= 0.6 is 11.8 Å². The summed E-state index contributed by atoms with van der Waals surface area (Å²) in [7, 11) is 0. The molecule has 13 heavy (non-hydrogen) atoms.